The quantitative estimate of drug-likeness (QED) is 0.435. The lowest BCUT2D eigenvalue weighted by Gasteiger charge is -2.15. The Bertz CT molecular complexity index is 1060. The van der Waals surface area contributed by atoms with Crippen molar-refractivity contribution in [3.63, 3.8) is 0 Å². The number of hydrogen-bond donors (Lipinski definition) is 1. The molecule has 3 aromatic rings. The number of carbonyl (C=O) groups is 2. The Balaban J connectivity index is 1.64. The van der Waals surface area contributed by atoms with Gasteiger partial charge >= 0.3 is 5.97 Å². The molecule has 0 aliphatic rings. The molecule has 1 N–H and O–H groups in total. The Kier molecular flexibility index (Phi) is 8.47. The van der Waals surface area contributed by atoms with Crippen LogP contribution in [0.4, 0.5) is 0 Å². The van der Waals surface area contributed by atoms with Crippen LogP contribution in [-0.2, 0) is 22.5 Å². The van der Waals surface area contributed by atoms with Gasteiger partial charge in [-0.3, -0.25) is 9.59 Å². The van der Waals surface area contributed by atoms with Crippen molar-refractivity contribution < 1.29 is 23.8 Å². The first-order chi connectivity index (χ1) is 16.0. The summed E-state index contributed by atoms with van der Waals surface area (Å²) >= 11 is 0. The molecule has 0 saturated carbocycles. The highest BCUT2D eigenvalue weighted by Gasteiger charge is 2.19. The normalized spacial score (nSPS) is 11.4. The molecule has 33 heavy (non-hydrogen) atoms. The number of benzene rings is 3. The molecule has 3 rings (SSSR count). The van der Waals surface area contributed by atoms with E-state index in [0.29, 0.717) is 30.7 Å². The van der Waals surface area contributed by atoms with Gasteiger partial charge in [-0.15, -0.1) is 0 Å². The summed E-state index contributed by atoms with van der Waals surface area (Å²) in [5.74, 6) is 1.22. The van der Waals surface area contributed by atoms with Crippen molar-refractivity contribution in [3.8, 4) is 17.2 Å². The fourth-order valence-electron chi connectivity index (χ4n) is 3.48. The maximum Gasteiger partial charge on any atom is 0.308 e. The van der Waals surface area contributed by atoms with E-state index in [2.05, 4.69) is 5.32 Å². The largest absolute Gasteiger partial charge is 0.496 e. The van der Waals surface area contributed by atoms with Crippen LogP contribution < -0.4 is 14.8 Å². The summed E-state index contributed by atoms with van der Waals surface area (Å²) < 4.78 is 16.1. The van der Waals surface area contributed by atoms with Gasteiger partial charge in [0.1, 0.15) is 17.2 Å². The Morgan fingerprint density at radius 2 is 1.55 bits per heavy atom. The fourth-order valence-corrected chi connectivity index (χ4v) is 3.48. The second-order valence-corrected chi connectivity index (χ2v) is 7.61. The smallest absolute Gasteiger partial charge is 0.308 e. The van der Waals surface area contributed by atoms with Gasteiger partial charge in [-0.1, -0.05) is 43.3 Å². The van der Waals surface area contributed by atoms with Gasteiger partial charge < -0.3 is 19.5 Å². The zero-order valence-electron chi connectivity index (χ0n) is 19.2. The third kappa shape index (κ3) is 6.59. The number of methoxy groups -OCH3 is 2. The second kappa shape index (κ2) is 11.7. The van der Waals surface area contributed by atoms with Gasteiger partial charge in [-0.25, -0.2) is 0 Å². The zero-order chi connectivity index (χ0) is 23.6. The summed E-state index contributed by atoms with van der Waals surface area (Å²) in [4.78, 5) is 24.8. The summed E-state index contributed by atoms with van der Waals surface area (Å²) in [7, 11) is 2.92. The number of hydrogen-bond acceptors (Lipinski definition) is 5. The number of carbonyl (C=O) groups excluding carboxylic acids is 2. The molecule has 0 aliphatic carbocycles. The lowest BCUT2D eigenvalue weighted by molar-refractivity contribution is -0.145. The van der Waals surface area contributed by atoms with Gasteiger partial charge in [0.2, 0.25) is 0 Å². The highest BCUT2D eigenvalue weighted by atomic mass is 16.5. The molecule has 0 fully saturated rings. The van der Waals surface area contributed by atoms with Gasteiger partial charge in [-0.05, 0) is 60.4 Å². The first kappa shape index (κ1) is 23.9. The second-order valence-electron chi connectivity index (χ2n) is 7.61. The molecule has 0 saturated heterocycles. The van der Waals surface area contributed by atoms with Gasteiger partial charge in [0.25, 0.3) is 5.91 Å². The zero-order valence-corrected chi connectivity index (χ0v) is 19.2. The van der Waals surface area contributed by atoms with E-state index >= 15 is 0 Å². The number of rotatable bonds is 10. The predicted octanol–water partition coefficient (Wildman–Crippen LogP) is 5.16. The number of amides is 1. The molecule has 0 unspecified atom stereocenters. The Morgan fingerprint density at radius 3 is 2.18 bits per heavy atom. The summed E-state index contributed by atoms with van der Waals surface area (Å²) in [5, 5.41) is 2.94. The minimum Gasteiger partial charge on any atom is -0.496 e. The number of esters is 1. The monoisotopic (exact) mass is 447 g/mol. The third-order valence-corrected chi connectivity index (χ3v) is 5.37. The minimum absolute atomic E-state index is 0.246. The topological polar surface area (TPSA) is 73.9 Å². The average Bonchev–Trinajstić information content (AvgIpc) is 2.86. The van der Waals surface area contributed by atoms with Gasteiger partial charge in [0, 0.05) is 6.54 Å². The summed E-state index contributed by atoms with van der Waals surface area (Å²) in [5.41, 5.74) is 2.25. The molecule has 1 atom stereocenters. The Morgan fingerprint density at radius 1 is 0.879 bits per heavy atom. The van der Waals surface area contributed by atoms with Crippen LogP contribution in [0.1, 0.15) is 34.8 Å². The van der Waals surface area contributed by atoms with Crippen LogP contribution in [0, 0.1) is 5.92 Å². The van der Waals surface area contributed by atoms with Crippen molar-refractivity contribution >= 4 is 11.9 Å². The van der Waals surface area contributed by atoms with Gasteiger partial charge in [-0.2, -0.15) is 0 Å². The van der Waals surface area contributed by atoms with E-state index in [1.54, 1.807) is 12.1 Å². The molecule has 6 nitrogen and oxygen atoms in total. The van der Waals surface area contributed by atoms with E-state index in [4.69, 9.17) is 14.2 Å². The Labute approximate surface area is 194 Å². The van der Waals surface area contributed by atoms with Crippen LogP contribution in [-0.4, -0.2) is 26.1 Å². The molecular weight excluding hydrogens is 418 g/mol. The molecule has 0 aromatic heterocycles. The summed E-state index contributed by atoms with van der Waals surface area (Å²) in [6.07, 6.45) is 1.15. The van der Waals surface area contributed by atoms with Crippen molar-refractivity contribution in [2.24, 2.45) is 5.92 Å². The van der Waals surface area contributed by atoms with Crippen molar-refractivity contribution in [2.75, 3.05) is 14.2 Å². The Hall–Kier alpha value is -3.80. The molecule has 0 bridgehead atoms. The van der Waals surface area contributed by atoms with Crippen LogP contribution in [0.15, 0.2) is 72.8 Å². The van der Waals surface area contributed by atoms with Crippen molar-refractivity contribution in [3.05, 3.63) is 89.5 Å². The first-order valence-corrected chi connectivity index (χ1v) is 10.9. The fraction of sp³-hybridized carbons (Fsp3) is 0.259. The van der Waals surface area contributed by atoms with Crippen LogP contribution in [0.5, 0.6) is 17.2 Å². The summed E-state index contributed by atoms with van der Waals surface area (Å²) in [6, 6.07) is 22.5. The van der Waals surface area contributed by atoms with E-state index in [9.17, 15) is 9.59 Å². The molecule has 172 valence electrons. The van der Waals surface area contributed by atoms with Crippen molar-refractivity contribution in [2.45, 2.75) is 26.3 Å². The summed E-state index contributed by atoms with van der Waals surface area (Å²) in [6.45, 7) is 2.30. The van der Waals surface area contributed by atoms with Gasteiger partial charge in [0.05, 0.1) is 25.7 Å². The maximum absolute atomic E-state index is 12.9. The molecule has 1 amide bonds. The molecule has 0 heterocycles. The van der Waals surface area contributed by atoms with Crippen molar-refractivity contribution in [1.82, 2.24) is 5.32 Å². The number of para-hydroxylation sites is 1. The van der Waals surface area contributed by atoms with Crippen LogP contribution in [0.25, 0.3) is 0 Å². The molecule has 3 aromatic carbocycles. The van der Waals surface area contributed by atoms with Crippen LogP contribution >= 0.6 is 0 Å². The lowest BCUT2D eigenvalue weighted by atomic mass is 9.95. The third-order valence-electron chi connectivity index (χ3n) is 5.37. The predicted molar refractivity (Wildman–Crippen MR) is 127 cm³/mol. The first-order valence-electron chi connectivity index (χ1n) is 10.9. The van der Waals surface area contributed by atoms with E-state index < -0.39 is 0 Å². The number of ether oxygens (including phenoxy) is 3. The maximum atomic E-state index is 12.9. The van der Waals surface area contributed by atoms with Crippen molar-refractivity contribution in [1.29, 1.82) is 0 Å². The van der Waals surface area contributed by atoms with Gasteiger partial charge in [0.15, 0.2) is 0 Å². The van der Waals surface area contributed by atoms with E-state index in [0.717, 1.165) is 22.6 Å². The van der Waals surface area contributed by atoms with Crippen LogP contribution in [0.3, 0.4) is 0 Å². The number of nitrogens with one attached hydrogen (secondary N) is 1. The molecule has 0 radical (unpaired) electrons. The standard InChI is InChI=1S/C27H29NO5/c1-4-21(27(30)32-3)16-20-12-15-25(31-2)24(17-20)26(29)28-18-19-10-13-23(14-11-19)33-22-8-6-5-7-9-22/h5-15,17,21H,4,16,18H2,1-3H3,(H,28,29)/t21-/m0/s1. The molecule has 6 heteroatoms. The molecule has 0 spiro atoms. The SMILES string of the molecule is CC[C@@H](Cc1ccc(OC)c(C(=O)NCc2ccc(Oc3ccccc3)cc2)c1)C(=O)OC. The van der Waals surface area contributed by atoms with Crippen LogP contribution in [0.2, 0.25) is 0 Å². The molecular formula is C27H29NO5. The van der Waals surface area contributed by atoms with E-state index in [1.807, 2.05) is 67.6 Å². The molecule has 0 aliphatic heterocycles. The van der Waals surface area contributed by atoms with E-state index in [1.165, 1.54) is 14.2 Å². The van der Waals surface area contributed by atoms with E-state index in [-0.39, 0.29) is 17.8 Å². The minimum atomic E-state index is -0.254. The lowest BCUT2D eigenvalue weighted by Crippen LogP contribution is -2.24. The average molecular weight is 448 g/mol. The highest BCUT2D eigenvalue weighted by Crippen LogP contribution is 2.24. The highest BCUT2D eigenvalue weighted by molar-refractivity contribution is 5.97.